The molecule has 0 aliphatic carbocycles. The Morgan fingerprint density at radius 1 is 1.50 bits per heavy atom. The highest BCUT2D eigenvalue weighted by Gasteiger charge is 2.17. The lowest BCUT2D eigenvalue weighted by Gasteiger charge is -2.29. The quantitative estimate of drug-likeness (QED) is 0.363. The van der Waals surface area contributed by atoms with Crippen LogP contribution in [0.15, 0.2) is 23.5 Å². The monoisotopic (exact) mass is 250 g/mol. The number of nitrogens with zero attached hydrogens (tertiary/aromatic N) is 3. The summed E-state index contributed by atoms with van der Waals surface area (Å²) in [6.07, 6.45) is 2.71. The number of amidine groups is 1. The van der Waals surface area contributed by atoms with E-state index in [0.29, 0.717) is 17.7 Å². The third kappa shape index (κ3) is 3.35. The number of anilines is 1. The van der Waals surface area contributed by atoms with Crippen molar-refractivity contribution in [2.24, 2.45) is 16.8 Å². The first-order valence-electron chi connectivity index (χ1n) is 6.13. The Balaban J connectivity index is 3.02. The fourth-order valence-electron chi connectivity index (χ4n) is 2.00. The largest absolute Gasteiger partial charge is 0.409 e. The molecule has 5 heteroatoms. The van der Waals surface area contributed by atoms with Crippen LogP contribution < -0.4 is 10.6 Å². The second-order valence-electron chi connectivity index (χ2n) is 4.95. The zero-order valence-electron chi connectivity index (χ0n) is 11.5. The van der Waals surface area contributed by atoms with Crippen LogP contribution in [0.3, 0.4) is 0 Å². The molecule has 0 aliphatic rings. The highest BCUT2D eigenvalue weighted by Crippen LogP contribution is 2.21. The number of pyridine rings is 1. The van der Waals surface area contributed by atoms with Crippen molar-refractivity contribution in [1.82, 2.24) is 4.98 Å². The van der Waals surface area contributed by atoms with Gasteiger partial charge in [-0.3, -0.25) is 4.98 Å². The summed E-state index contributed by atoms with van der Waals surface area (Å²) in [6, 6.07) is 4.14. The minimum Gasteiger partial charge on any atom is -0.409 e. The van der Waals surface area contributed by atoms with Crippen molar-refractivity contribution >= 4 is 11.5 Å². The summed E-state index contributed by atoms with van der Waals surface area (Å²) in [5.74, 6) is 0.653. The molecule has 1 aromatic heterocycles. The standard InChI is InChI=1S/C13H22N4O/c1-9(2)8-10(3)17(4)11-6-5-7-15-12(11)13(14)16-18/h5-7,9-10,18H,8H2,1-4H3,(H2,14,16). The number of aromatic nitrogens is 1. The van der Waals surface area contributed by atoms with Crippen LogP contribution in [0.2, 0.25) is 0 Å². The number of hydrogen-bond donors (Lipinski definition) is 2. The first kappa shape index (κ1) is 14.3. The first-order chi connectivity index (χ1) is 8.47. The third-order valence-electron chi connectivity index (χ3n) is 2.99. The van der Waals surface area contributed by atoms with E-state index in [1.807, 2.05) is 19.2 Å². The van der Waals surface area contributed by atoms with Crippen molar-refractivity contribution in [3.05, 3.63) is 24.0 Å². The van der Waals surface area contributed by atoms with E-state index in [2.05, 4.69) is 35.8 Å². The van der Waals surface area contributed by atoms with E-state index in [1.165, 1.54) is 0 Å². The predicted molar refractivity (Wildman–Crippen MR) is 74.1 cm³/mol. The molecule has 0 spiro atoms. The number of nitrogens with two attached hydrogens (primary N) is 1. The van der Waals surface area contributed by atoms with E-state index in [9.17, 15) is 0 Å². The van der Waals surface area contributed by atoms with E-state index in [-0.39, 0.29) is 5.84 Å². The molecule has 1 aromatic rings. The molecular formula is C13H22N4O. The molecule has 5 nitrogen and oxygen atoms in total. The van der Waals surface area contributed by atoms with Gasteiger partial charge in [0.1, 0.15) is 5.69 Å². The van der Waals surface area contributed by atoms with Crippen LogP contribution >= 0.6 is 0 Å². The zero-order chi connectivity index (χ0) is 13.7. The van der Waals surface area contributed by atoms with Gasteiger partial charge in [-0.25, -0.2) is 0 Å². The zero-order valence-corrected chi connectivity index (χ0v) is 11.5. The molecule has 0 saturated heterocycles. The van der Waals surface area contributed by atoms with Gasteiger partial charge in [0.05, 0.1) is 5.69 Å². The molecule has 18 heavy (non-hydrogen) atoms. The van der Waals surface area contributed by atoms with Crippen molar-refractivity contribution in [3.8, 4) is 0 Å². The summed E-state index contributed by atoms with van der Waals surface area (Å²) < 4.78 is 0. The molecule has 0 bridgehead atoms. The van der Waals surface area contributed by atoms with Crippen LogP contribution in [0.4, 0.5) is 5.69 Å². The highest BCUT2D eigenvalue weighted by molar-refractivity contribution is 6.00. The molecular weight excluding hydrogens is 228 g/mol. The molecule has 1 rings (SSSR count). The molecule has 0 radical (unpaired) electrons. The van der Waals surface area contributed by atoms with Gasteiger partial charge in [0.15, 0.2) is 5.84 Å². The third-order valence-corrected chi connectivity index (χ3v) is 2.99. The molecule has 0 amide bonds. The average Bonchev–Trinajstić information content (AvgIpc) is 2.36. The van der Waals surface area contributed by atoms with Gasteiger partial charge in [-0.15, -0.1) is 0 Å². The summed E-state index contributed by atoms with van der Waals surface area (Å²) in [4.78, 5) is 6.29. The van der Waals surface area contributed by atoms with E-state index in [4.69, 9.17) is 10.9 Å². The van der Waals surface area contributed by atoms with Crippen molar-refractivity contribution in [2.45, 2.75) is 33.2 Å². The summed E-state index contributed by atoms with van der Waals surface area (Å²) in [7, 11) is 2.00. The van der Waals surface area contributed by atoms with E-state index >= 15 is 0 Å². The van der Waals surface area contributed by atoms with Gasteiger partial charge in [0.25, 0.3) is 0 Å². The molecule has 0 aliphatic heterocycles. The van der Waals surface area contributed by atoms with Gasteiger partial charge in [0.2, 0.25) is 0 Å². The SMILES string of the molecule is CC(C)CC(C)N(C)c1cccnc1/C(N)=N/O. The maximum atomic E-state index is 8.78. The molecule has 0 aromatic carbocycles. The average molecular weight is 250 g/mol. The Morgan fingerprint density at radius 3 is 2.72 bits per heavy atom. The van der Waals surface area contributed by atoms with E-state index < -0.39 is 0 Å². The summed E-state index contributed by atoms with van der Waals surface area (Å²) in [5.41, 5.74) is 7.03. The highest BCUT2D eigenvalue weighted by atomic mass is 16.4. The minimum atomic E-state index is 0.0363. The van der Waals surface area contributed by atoms with Crippen molar-refractivity contribution in [2.75, 3.05) is 11.9 Å². The Kier molecular flexibility index (Phi) is 4.95. The number of oxime groups is 1. The van der Waals surface area contributed by atoms with Crippen LogP contribution in [0.5, 0.6) is 0 Å². The minimum absolute atomic E-state index is 0.0363. The predicted octanol–water partition coefficient (Wildman–Crippen LogP) is 2.05. The van der Waals surface area contributed by atoms with Gasteiger partial charge in [-0.1, -0.05) is 19.0 Å². The molecule has 0 saturated carbocycles. The second kappa shape index (κ2) is 6.23. The smallest absolute Gasteiger partial charge is 0.190 e. The van der Waals surface area contributed by atoms with Crippen LogP contribution in [0.25, 0.3) is 0 Å². The Hall–Kier alpha value is -1.78. The van der Waals surface area contributed by atoms with Crippen molar-refractivity contribution in [1.29, 1.82) is 0 Å². The second-order valence-corrected chi connectivity index (χ2v) is 4.95. The van der Waals surface area contributed by atoms with E-state index in [1.54, 1.807) is 6.20 Å². The van der Waals surface area contributed by atoms with Crippen LogP contribution in [-0.2, 0) is 0 Å². The normalized spacial score (nSPS) is 13.7. The van der Waals surface area contributed by atoms with Crippen LogP contribution in [0, 0.1) is 5.92 Å². The van der Waals surface area contributed by atoms with E-state index in [0.717, 1.165) is 12.1 Å². The fraction of sp³-hybridized carbons (Fsp3) is 0.538. The maximum absolute atomic E-state index is 8.78. The summed E-state index contributed by atoms with van der Waals surface area (Å²) in [5, 5.41) is 11.8. The number of rotatable bonds is 5. The summed E-state index contributed by atoms with van der Waals surface area (Å²) in [6.45, 7) is 6.54. The van der Waals surface area contributed by atoms with Gasteiger partial charge in [-0.05, 0) is 31.4 Å². The molecule has 3 N–H and O–H groups in total. The van der Waals surface area contributed by atoms with Gasteiger partial charge < -0.3 is 15.8 Å². The van der Waals surface area contributed by atoms with Crippen LogP contribution in [-0.4, -0.2) is 29.1 Å². The van der Waals surface area contributed by atoms with Crippen molar-refractivity contribution in [3.63, 3.8) is 0 Å². The lowest BCUT2D eigenvalue weighted by atomic mass is 10.0. The lowest BCUT2D eigenvalue weighted by Crippen LogP contribution is -2.32. The fourth-order valence-corrected chi connectivity index (χ4v) is 2.00. The van der Waals surface area contributed by atoms with Crippen molar-refractivity contribution < 1.29 is 5.21 Å². The first-order valence-corrected chi connectivity index (χ1v) is 6.13. The Morgan fingerprint density at radius 2 is 2.17 bits per heavy atom. The molecule has 0 fully saturated rings. The topological polar surface area (TPSA) is 74.7 Å². The van der Waals surface area contributed by atoms with Crippen LogP contribution in [0.1, 0.15) is 32.9 Å². The number of hydrogen-bond acceptors (Lipinski definition) is 4. The van der Waals surface area contributed by atoms with Gasteiger partial charge >= 0.3 is 0 Å². The lowest BCUT2D eigenvalue weighted by molar-refractivity contribution is 0.318. The molecule has 1 heterocycles. The van der Waals surface area contributed by atoms with Gasteiger partial charge in [0, 0.05) is 19.3 Å². The van der Waals surface area contributed by atoms with Gasteiger partial charge in [-0.2, -0.15) is 0 Å². The Bertz CT molecular complexity index is 417. The molecule has 100 valence electrons. The Labute approximate surface area is 108 Å². The molecule has 1 atom stereocenters. The maximum Gasteiger partial charge on any atom is 0.190 e. The molecule has 1 unspecified atom stereocenters. The summed E-state index contributed by atoms with van der Waals surface area (Å²) >= 11 is 0.